The first-order valence-corrected chi connectivity index (χ1v) is 12.8. The smallest absolute Gasteiger partial charge is 0.303 e. The number of unbranched alkanes of at least 4 members (excludes halogenated alkanes) is 2. The van der Waals surface area contributed by atoms with Gasteiger partial charge >= 0.3 is 5.97 Å². The third-order valence-corrected chi connectivity index (χ3v) is 7.89. The zero-order chi connectivity index (χ0) is 21.3. The van der Waals surface area contributed by atoms with Crippen molar-refractivity contribution in [1.29, 1.82) is 0 Å². The van der Waals surface area contributed by atoms with Crippen LogP contribution in [0, 0.1) is 17.3 Å². The molecule has 2 saturated heterocycles. The molecule has 0 radical (unpaired) electrons. The number of carboxylic acids is 1. The minimum absolute atomic E-state index is 0.0711. The molecule has 2 aliphatic rings. The lowest BCUT2D eigenvalue weighted by molar-refractivity contribution is -0.137. The Hall–Kier alpha value is -0.520. The van der Waals surface area contributed by atoms with E-state index in [9.17, 15) is 9.90 Å². The zero-order valence-corrected chi connectivity index (χ0v) is 19.5. The lowest BCUT2D eigenvalue weighted by Gasteiger charge is -2.30. The summed E-state index contributed by atoms with van der Waals surface area (Å²) in [7, 11) is 0. The third kappa shape index (κ3) is 7.91. The second-order valence-electron chi connectivity index (χ2n) is 9.56. The Bertz CT molecular complexity index is 519. The first kappa shape index (κ1) is 24.7. The SMILES string of the molecule is CCCCC(C)(C)C(O)C=C[C@H]1[C@@H](CCCCSCCCC(=O)O)[C@H]2CC[C@@H]1O2. The molecule has 168 valence electrons. The average molecular weight is 427 g/mol. The van der Waals surface area contributed by atoms with Gasteiger partial charge in [-0.2, -0.15) is 11.8 Å². The number of hydrogen-bond acceptors (Lipinski definition) is 4. The fourth-order valence-electron chi connectivity index (χ4n) is 4.74. The molecule has 1 unspecified atom stereocenters. The Kier molecular flexibility index (Phi) is 10.5. The monoisotopic (exact) mass is 426 g/mol. The highest BCUT2D eigenvalue weighted by molar-refractivity contribution is 7.99. The third-order valence-electron chi connectivity index (χ3n) is 6.73. The molecule has 0 spiro atoms. The number of rotatable bonds is 15. The van der Waals surface area contributed by atoms with Gasteiger partial charge in [-0.15, -0.1) is 0 Å². The maximum Gasteiger partial charge on any atom is 0.303 e. The maximum atomic E-state index is 10.7. The Morgan fingerprint density at radius 2 is 1.90 bits per heavy atom. The molecule has 0 aromatic heterocycles. The quantitative estimate of drug-likeness (QED) is 0.260. The second kappa shape index (κ2) is 12.4. The van der Waals surface area contributed by atoms with Gasteiger partial charge in [-0.05, 0) is 61.4 Å². The normalized spacial score (nSPS) is 27.7. The Morgan fingerprint density at radius 1 is 1.17 bits per heavy atom. The van der Waals surface area contributed by atoms with Crippen molar-refractivity contribution >= 4 is 17.7 Å². The fraction of sp³-hybridized carbons (Fsp3) is 0.875. The van der Waals surface area contributed by atoms with Crippen LogP contribution in [0.25, 0.3) is 0 Å². The largest absolute Gasteiger partial charge is 0.481 e. The number of carbonyl (C=O) groups is 1. The molecular weight excluding hydrogens is 384 g/mol. The summed E-state index contributed by atoms with van der Waals surface area (Å²) < 4.78 is 6.22. The molecule has 0 aromatic carbocycles. The summed E-state index contributed by atoms with van der Waals surface area (Å²) in [6, 6.07) is 0. The molecule has 5 heteroatoms. The second-order valence-corrected chi connectivity index (χ2v) is 10.8. The van der Waals surface area contributed by atoms with Crippen LogP contribution < -0.4 is 0 Å². The average Bonchev–Trinajstić information content (AvgIpc) is 3.28. The van der Waals surface area contributed by atoms with Gasteiger partial charge in [0.05, 0.1) is 18.3 Å². The van der Waals surface area contributed by atoms with E-state index in [4.69, 9.17) is 9.84 Å². The van der Waals surface area contributed by atoms with Gasteiger partial charge in [-0.3, -0.25) is 4.79 Å². The molecule has 0 saturated carbocycles. The van der Waals surface area contributed by atoms with Crippen molar-refractivity contribution in [3.63, 3.8) is 0 Å². The summed E-state index contributed by atoms with van der Waals surface area (Å²) >= 11 is 1.88. The van der Waals surface area contributed by atoms with Crippen molar-refractivity contribution in [2.75, 3.05) is 11.5 Å². The van der Waals surface area contributed by atoms with Crippen LogP contribution in [0.3, 0.4) is 0 Å². The number of fused-ring (bicyclic) bond motifs is 2. The predicted octanol–water partition coefficient (Wildman–Crippen LogP) is 5.68. The lowest BCUT2D eigenvalue weighted by atomic mass is 9.75. The van der Waals surface area contributed by atoms with E-state index in [2.05, 4.69) is 32.9 Å². The van der Waals surface area contributed by atoms with Crippen LogP contribution in [0.2, 0.25) is 0 Å². The van der Waals surface area contributed by atoms with Crippen LogP contribution in [0.1, 0.15) is 85.0 Å². The van der Waals surface area contributed by atoms with Crippen LogP contribution in [0.4, 0.5) is 0 Å². The molecule has 0 amide bonds. The zero-order valence-electron chi connectivity index (χ0n) is 18.6. The van der Waals surface area contributed by atoms with Gasteiger partial charge in [-0.1, -0.05) is 52.2 Å². The van der Waals surface area contributed by atoms with Crippen LogP contribution in [-0.4, -0.2) is 46.0 Å². The molecule has 29 heavy (non-hydrogen) atoms. The summed E-state index contributed by atoms with van der Waals surface area (Å²) in [5, 5.41) is 19.4. The molecular formula is C24H42O4S. The number of ether oxygens (including phenoxy) is 1. The van der Waals surface area contributed by atoms with Gasteiger partial charge in [-0.25, -0.2) is 0 Å². The van der Waals surface area contributed by atoms with Gasteiger partial charge in [0.1, 0.15) is 0 Å². The molecule has 2 bridgehead atoms. The van der Waals surface area contributed by atoms with Crippen molar-refractivity contribution in [3.8, 4) is 0 Å². The number of hydrogen-bond donors (Lipinski definition) is 2. The molecule has 2 rings (SSSR count). The summed E-state index contributed by atoms with van der Waals surface area (Å²) in [6.45, 7) is 6.53. The Morgan fingerprint density at radius 3 is 2.62 bits per heavy atom. The highest BCUT2D eigenvalue weighted by Gasteiger charge is 2.47. The van der Waals surface area contributed by atoms with E-state index in [0.29, 0.717) is 24.0 Å². The number of thioether (sulfide) groups is 1. The van der Waals surface area contributed by atoms with E-state index in [1.165, 1.54) is 32.1 Å². The van der Waals surface area contributed by atoms with E-state index in [1.807, 2.05) is 11.8 Å². The molecule has 0 aliphatic carbocycles. The minimum Gasteiger partial charge on any atom is -0.481 e. The van der Waals surface area contributed by atoms with E-state index in [-0.39, 0.29) is 11.8 Å². The standard InChI is InChI=1S/C24H42O4S/c1-4-5-15-24(2,3)22(25)14-11-19-18(20-12-13-21(19)28-20)9-6-7-16-29-17-8-10-23(26)27/h11,14,18-22,25H,4-10,12-13,15-17H2,1-3H3,(H,26,27)/t18-,19+,20-,21+,22?/m1/s1. The van der Waals surface area contributed by atoms with Gasteiger partial charge in [0, 0.05) is 12.3 Å². The fourth-order valence-corrected chi connectivity index (χ4v) is 5.70. The van der Waals surface area contributed by atoms with Crippen molar-refractivity contribution in [2.45, 2.75) is 103 Å². The number of carboxylic acid groups (broad SMARTS) is 1. The van der Waals surface area contributed by atoms with E-state index in [1.54, 1.807) is 0 Å². The summed E-state index contributed by atoms with van der Waals surface area (Å²) in [5.74, 6) is 2.41. The highest BCUT2D eigenvalue weighted by Crippen LogP contribution is 2.46. The molecule has 4 nitrogen and oxygen atoms in total. The van der Waals surface area contributed by atoms with Crippen molar-refractivity contribution < 1.29 is 19.7 Å². The highest BCUT2D eigenvalue weighted by atomic mass is 32.2. The summed E-state index contributed by atoms with van der Waals surface area (Å²) in [6.07, 6.45) is 15.0. The first-order chi connectivity index (χ1) is 13.8. The molecule has 2 heterocycles. The van der Waals surface area contributed by atoms with Gasteiger partial charge in [0.2, 0.25) is 0 Å². The Balaban J connectivity index is 1.74. The van der Waals surface area contributed by atoms with Crippen LogP contribution in [-0.2, 0) is 9.53 Å². The van der Waals surface area contributed by atoms with E-state index in [0.717, 1.165) is 37.2 Å². The van der Waals surface area contributed by atoms with Gasteiger partial charge < -0.3 is 14.9 Å². The molecule has 2 fully saturated rings. The van der Waals surface area contributed by atoms with Crippen LogP contribution >= 0.6 is 11.8 Å². The molecule has 5 atom stereocenters. The molecule has 0 aromatic rings. The van der Waals surface area contributed by atoms with Crippen molar-refractivity contribution in [1.82, 2.24) is 0 Å². The topological polar surface area (TPSA) is 66.8 Å². The Labute approximate surface area is 181 Å². The predicted molar refractivity (Wildman–Crippen MR) is 121 cm³/mol. The summed E-state index contributed by atoms with van der Waals surface area (Å²) in [4.78, 5) is 10.5. The van der Waals surface area contributed by atoms with Crippen molar-refractivity contribution in [3.05, 3.63) is 12.2 Å². The molecule has 2 aliphatic heterocycles. The van der Waals surface area contributed by atoms with Gasteiger partial charge in [0.15, 0.2) is 0 Å². The number of aliphatic carboxylic acids is 1. The number of aliphatic hydroxyl groups excluding tert-OH is 1. The number of aliphatic hydroxyl groups is 1. The molecule has 2 N–H and O–H groups in total. The van der Waals surface area contributed by atoms with Gasteiger partial charge in [0.25, 0.3) is 0 Å². The first-order valence-electron chi connectivity index (χ1n) is 11.7. The van der Waals surface area contributed by atoms with Crippen molar-refractivity contribution in [2.24, 2.45) is 17.3 Å². The summed E-state index contributed by atoms with van der Waals surface area (Å²) in [5.41, 5.74) is -0.0711. The minimum atomic E-state index is -0.695. The van der Waals surface area contributed by atoms with E-state index < -0.39 is 12.1 Å². The van der Waals surface area contributed by atoms with Crippen LogP contribution in [0.15, 0.2) is 12.2 Å². The maximum absolute atomic E-state index is 10.7. The van der Waals surface area contributed by atoms with Crippen LogP contribution in [0.5, 0.6) is 0 Å². The van der Waals surface area contributed by atoms with E-state index >= 15 is 0 Å². The lowest BCUT2D eigenvalue weighted by Crippen LogP contribution is -2.29.